The summed E-state index contributed by atoms with van der Waals surface area (Å²) in [5, 5.41) is 15.6. The molecule has 0 atom stereocenters. The highest BCUT2D eigenvalue weighted by Gasteiger charge is 2.34. The van der Waals surface area contributed by atoms with E-state index >= 15 is 0 Å². The molecule has 1 aliphatic rings. The van der Waals surface area contributed by atoms with Crippen molar-refractivity contribution in [2.45, 2.75) is 46.1 Å². The minimum absolute atomic E-state index is 0. The molecule has 0 aliphatic heterocycles. The average Bonchev–Trinajstić information content (AvgIpc) is 2.52. The minimum atomic E-state index is 0. The van der Waals surface area contributed by atoms with Gasteiger partial charge in [-0.05, 0) is 49.3 Å². The van der Waals surface area contributed by atoms with Gasteiger partial charge in [0.2, 0.25) is 0 Å². The molecule has 0 spiro atoms. The molecular weight excluding hydrogens is 399 g/mol. The first-order valence-corrected chi connectivity index (χ1v) is 8.22. The molecule has 0 amide bonds. The summed E-state index contributed by atoms with van der Waals surface area (Å²) in [5.74, 6) is 0.881. The zero-order valence-corrected chi connectivity index (χ0v) is 16.4. The summed E-state index contributed by atoms with van der Waals surface area (Å²) < 4.78 is 0. The van der Waals surface area contributed by atoms with E-state index in [0.717, 1.165) is 24.6 Å². The van der Waals surface area contributed by atoms with Gasteiger partial charge in [0.1, 0.15) is 0 Å². The monoisotopic (exact) mass is 426 g/mol. The van der Waals surface area contributed by atoms with Crippen LogP contribution in [0.15, 0.2) is 29.3 Å². The molecule has 0 saturated heterocycles. The fourth-order valence-corrected chi connectivity index (χ4v) is 2.80. The van der Waals surface area contributed by atoms with Crippen LogP contribution in [-0.4, -0.2) is 19.0 Å². The van der Waals surface area contributed by atoms with Gasteiger partial charge in [-0.1, -0.05) is 25.5 Å². The van der Waals surface area contributed by atoms with Crippen LogP contribution in [0.2, 0.25) is 0 Å². The number of guanidine groups is 1. The van der Waals surface area contributed by atoms with Crippen molar-refractivity contribution in [1.29, 1.82) is 5.26 Å². The Morgan fingerprint density at radius 2 is 1.91 bits per heavy atom. The van der Waals surface area contributed by atoms with Gasteiger partial charge in [-0.25, -0.2) is 4.99 Å². The molecule has 2 N–H and O–H groups in total. The van der Waals surface area contributed by atoms with Crippen molar-refractivity contribution in [3.63, 3.8) is 0 Å². The Bertz CT molecular complexity index is 536. The van der Waals surface area contributed by atoms with Crippen LogP contribution in [0.5, 0.6) is 0 Å². The van der Waals surface area contributed by atoms with E-state index in [2.05, 4.69) is 35.5 Å². The van der Waals surface area contributed by atoms with Crippen LogP contribution in [0, 0.1) is 16.7 Å². The molecule has 0 aromatic heterocycles. The minimum Gasteiger partial charge on any atom is -0.357 e. The zero-order chi connectivity index (χ0) is 15.8. The SMILES string of the molecule is CCNC(=NCc1ccc(C#N)cc1)NCC1(CC)CCC1.I. The van der Waals surface area contributed by atoms with Crippen molar-refractivity contribution in [2.75, 3.05) is 13.1 Å². The molecular formula is C18H27IN4. The Morgan fingerprint density at radius 3 is 2.39 bits per heavy atom. The van der Waals surface area contributed by atoms with Crippen LogP contribution in [0.3, 0.4) is 0 Å². The van der Waals surface area contributed by atoms with Crippen LogP contribution in [0.25, 0.3) is 0 Å². The molecule has 2 rings (SSSR count). The Kier molecular flexibility index (Phi) is 8.38. The van der Waals surface area contributed by atoms with Crippen molar-refractivity contribution in [1.82, 2.24) is 10.6 Å². The van der Waals surface area contributed by atoms with E-state index in [1.807, 2.05) is 24.3 Å². The highest BCUT2D eigenvalue weighted by atomic mass is 127. The molecule has 1 fully saturated rings. The molecule has 4 nitrogen and oxygen atoms in total. The maximum Gasteiger partial charge on any atom is 0.191 e. The molecule has 5 heteroatoms. The lowest BCUT2D eigenvalue weighted by molar-refractivity contribution is 0.131. The predicted octanol–water partition coefficient (Wildman–Crippen LogP) is 3.81. The maximum absolute atomic E-state index is 8.82. The molecule has 126 valence electrons. The first-order chi connectivity index (χ1) is 10.7. The van der Waals surface area contributed by atoms with Gasteiger partial charge in [-0.15, -0.1) is 24.0 Å². The number of aliphatic imine (C=N–C) groups is 1. The number of nitrogens with one attached hydrogen (secondary N) is 2. The third-order valence-electron chi connectivity index (χ3n) is 4.64. The zero-order valence-electron chi connectivity index (χ0n) is 14.1. The van der Waals surface area contributed by atoms with Crippen LogP contribution in [-0.2, 0) is 6.54 Å². The third kappa shape index (κ3) is 5.69. The maximum atomic E-state index is 8.82. The summed E-state index contributed by atoms with van der Waals surface area (Å²) >= 11 is 0. The summed E-state index contributed by atoms with van der Waals surface area (Å²) in [6, 6.07) is 9.74. The fraction of sp³-hybridized carbons (Fsp3) is 0.556. The highest BCUT2D eigenvalue weighted by molar-refractivity contribution is 14.0. The second kappa shape index (κ2) is 9.76. The lowest BCUT2D eigenvalue weighted by Gasteiger charge is -2.41. The topological polar surface area (TPSA) is 60.2 Å². The molecule has 1 saturated carbocycles. The number of benzene rings is 1. The van der Waals surface area contributed by atoms with Gasteiger partial charge < -0.3 is 10.6 Å². The van der Waals surface area contributed by atoms with Crippen molar-refractivity contribution in [2.24, 2.45) is 10.4 Å². The first-order valence-electron chi connectivity index (χ1n) is 8.22. The molecule has 1 aromatic carbocycles. The average molecular weight is 426 g/mol. The van der Waals surface area contributed by atoms with E-state index < -0.39 is 0 Å². The van der Waals surface area contributed by atoms with E-state index in [4.69, 9.17) is 5.26 Å². The number of nitriles is 1. The van der Waals surface area contributed by atoms with Crippen molar-refractivity contribution in [3.8, 4) is 6.07 Å². The van der Waals surface area contributed by atoms with Gasteiger partial charge in [0.15, 0.2) is 5.96 Å². The summed E-state index contributed by atoms with van der Waals surface area (Å²) in [4.78, 5) is 4.65. The van der Waals surface area contributed by atoms with Crippen LogP contribution in [0.1, 0.15) is 50.7 Å². The van der Waals surface area contributed by atoms with Gasteiger partial charge in [0.25, 0.3) is 0 Å². The largest absolute Gasteiger partial charge is 0.357 e. The highest BCUT2D eigenvalue weighted by Crippen LogP contribution is 2.42. The number of rotatable bonds is 6. The predicted molar refractivity (Wildman–Crippen MR) is 106 cm³/mol. The van der Waals surface area contributed by atoms with Crippen molar-refractivity contribution < 1.29 is 0 Å². The van der Waals surface area contributed by atoms with E-state index in [1.165, 1.54) is 25.7 Å². The Hall–Kier alpha value is -1.29. The lowest BCUT2D eigenvalue weighted by Crippen LogP contribution is -2.46. The van der Waals surface area contributed by atoms with Crippen LogP contribution < -0.4 is 10.6 Å². The van der Waals surface area contributed by atoms with Gasteiger partial charge >= 0.3 is 0 Å². The van der Waals surface area contributed by atoms with Crippen molar-refractivity contribution in [3.05, 3.63) is 35.4 Å². The third-order valence-corrected chi connectivity index (χ3v) is 4.64. The molecule has 1 aromatic rings. The molecule has 0 unspecified atom stereocenters. The van der Waals surface area contributed by atoms with E-state index in [9.17, 15) is 0 Å². The van der Waals surface area contributed by atoms with E-state index in [1.54, 1.807) is 0 Å². The fourth-order valence-electron chi connectivity index (χ4n) is 2.80. The smallest absolute Gasteiger partial charge is 0.191 e. The van der Waals surface area contributed by atoms with Gasteiger partial charge in [0.05, 0.1) is 18.2 Å². The van der Waals surface area contributed by atoms with Crippen molar-refractivity contribution >= 4 is 29.9 Å². The molecule has 0 bridgehead atoms. The van der Waals surface area contributed by atoms with Gasteiger partial charge in [-0.3, -0.25) is 0 Å². The lowest BCUT2D eigenvalue weighted by atomic mass is 9.67. The second-order valence-electron chi connectivity index (χ2n) is 6.06. The van der Waals surface area contributed by atoms with Crippen LogP contribution >= 0.6 is 24.0 Å². The summed E-state index contributed by atoms with van der Waals surface area (Å²) in [6.07, 6.45) is 5.24. The van der Waals surface area contributed by atoms with Gasteiger partial charge in [-0.2, -0.15) is 5.26 Å². The molecule has 0 heterocycles. The number of hydrogen-bond donors (Lipinski definition) is 2. The standard InChI is InChI=1S/C18H26N4.HI/c1-3-18(10-5-11-18)14-22-17(20-4-2)21-13-16-8-6-15(12-19)7-9-16;/h6-9H,3-5,10-11,13-14H2,1-2H3,(H2,20,21,22);1H. The quantitative estimate of drug-likeness (QED) is 0.413. The molecule has 1 aliphatic carbocycles. The van der Waals surface area contributed by atoms with Gasteiger partial charge in [0, 0.05) is 13.1 Å². The molecule has 0 radical (unpaired) electrons. The Morgan fingerprint density at radius 1 is 1.22 bits per heavy atom. The first kappa shape index (κ1) is 19.8. The number of hydrogen-bond acceptors (Lipinski definition) is 2. The Labute approximate surface area is 156 Å². The number of halogens is 1. The van der Waals surface area contributed by atoms with E-state index in [-0.39, 0.29) is 24.0 Å². The second-order valence-corrected chi connectivity index (χ2v) is 6.06. The summed E-state index contributed by atoms with van der Waals surface area (Å²) in [7, 11) is 0. The summed E-state index contributed by atoms with van der Waals surface area (Å²) in [5.41, 5.74) is 2.28. The Balaban J connectivity index is 0.00000264. The number of nitrogens with zero attached hydrogens (tertiary/aromatic N) is 2. The summed E-state index contributed by atoms with van der Waals surface area (Å²) in [6.45, 7) is 6.85. The van der Waals surface area contributed by atoms with Crippen LogP contribution in [0.4, 0.5) is 0 Å². The molecule has 23 heavy (non-hydrogen) atoms. The normalized spacial score (nSPS) is 15.8. The van der Waals surface area contributed by atoms with E-state index in [0.29, 0.717) is 17.5 Å².